The Morgan fingerprint density at radius 3 is 2.13 bits per heavy atom. The van der Waals surface area contributed by atoms with Crippen LogP contribution in [0.5, 0.6) is 23.0 Å². The van der Waals surface area contributed by atoms with Crippen molar-refractivity contribution in [1.82, 2.24) is 0 Å². The van der Waals surface area contributed by atoms with Crippen LogP contribution in [-0.4, -0.2) is 46.2 Å². The van der Waals surface area contributed by atoms with Gasteiger partial charge >= 0.3 is 0 Å². The van der Waals surface area contributed by atoms with Gasteiger partial charge in [0.1, 0.15) is 17.2 Å². The predicted molar refractivity (Wildman–Crippen MR) is 111 cm³/mol. The van der Waals surface area contributed by atoms with Gasteiger partial charge in [-0.25, -0.2) is 4.42 Å². The van der Waals surface area contributed by atoms with Crippen LogP contribution in [0.25, 0.3) is 0 Å². The van der Waals surface area contributed by atoms with Crippen LogP contribution < -0.4 is 23.4 Å². The third-order valence-corrected chi connectivity index (χ3v) is 4.44. The second kappa shape index (κ2) is 10.4. The van der Waals surface area contributed by atoms with E-state index in [1.54, 1.807) is 30.3 Å². The van der Waals surface area contributed by atoms with Crippen LogP contribution in [-0.2, 0) is 9.59 Å². The number of hydrogen-bond donors (Lipinski definition) is 0. The number of hydrogen-bond acceptors (Lipinski definition) is 8. The molecule has 10 heteroatoms. The summed E-state index contributed by atoms with van der Waals surface area (Å²) in [5.41, 5.74) is 0.604. The Morgan fingerprint density at radius 2 is 1.57 bits per heavy atom. The third-order valence-electron chi connectivity index (χ3n) is 4.07. The van der Waals surface area contributed by atoms with Gasteiger partial charge in [-0.15, -0.1) is 0 Å². The highest BCUT2D eigenvalue weighted by atomic mass is 35.5. The molecule has 0 aliphatic heterocycles. The Kier molecular flexibility index (Phi) is 7.99. The van der Waals surface area contributed by atoms with E-state index in [0.717, 1.165) is 4.42 Å². The number of carbonyl (C=O) groups excluding carboxylic acids is 2. The van der Waals surface area contributed by atoms with E-state index < -0.39 is 17.7 Å². The van der Waals surface area contributed by atoms with Crippen molar-refractivity contribution in [2.75, 3.05) is 32.9 Å². The zero-order valence-electron chi connectivity index (χ0n) is 17.2. The number of halogens is 1. The van der Waals surface area contributed by atoms with Gasteiger partial charge in [0.2, 0.25) is 6.04 Å². The molecule has 160 valence electrons. The fraction of sp³-hybridized carbons (Fsp3) is 0.300. The molecule has 2 aromatic carbocycles. The van der Waals surface area contributed by atoms with E-state index in [1.807, 2.05) is 0 Å². The molecular weight excluding hydrogens is 414 g/mol. The van der Waals surface area contributed by atoms with E-state index in [1.165, 1.54) is 41.4 Å². The summed E-state index contributed by atoms with van der Waals surface area (Å²) < 4.78 is 21.5. The normalized spacial score (nSPS) is 11.7. The molecule has 30 heavy (non-hydrogen) atoms. The Morgan fingerprint density at radius 1 is 0.900 bits per heavy atom. The first-order chi connectivity index (χ1) is 14.4. The number of carbonyl (C=O) groups is 2. The molecule has 0 radical (unpaired) electrons. The number of nitrogens with zero attached hydrogens (tertiary/aromatic N) is 3. The van der Waals surface area contributed by atoms with Crippen LogP contribution in [0, 0.1) is 0 Å². The lowest BCUT2D eigenvalue weighted by atomic mass is 10.2. The molecular formula is C20H22ClN3O6. The SMILES string of the molecule is COc1ccc(N=NC(C(C)=O)C(=O)N(Cl)c2ccc(OC)c(OC)c2)c(OC)c1. The number of azo groups is 1. The van der Waals surface area contributed by atoms with Crippen molar-refractivity contribution in [3.8, 4) is 23.0 Å². The molecule has 2 aromatic rings. The molecule has 9 nitrogen and oxygen atoms in total. The summed E-state index contributed by atoms with van der Waals surface area (Å²) in [6.07, 6.45) is 0. The van der Waals surface area contributed by atoms with Crippen molar-refractivity contribution in [2.45, 2.75) is 13.0 Å². The number of ether oxygens (including phenoxy) is 4. The summed E-state index contributed by atoms with van der Waals surface area (Å²) in [5, 5.41) is 7.91. The van der Waals surface area contributed by atoms with Crippen LogP contribution in [0.1, 0.15) is 6.92 Å². The zero-order chi connectivity index (χ0) is 22.3. The summed E-state index contributed by atoms with van der Waals surface area (Å²) in [7, 11) is 5.92. The van der Waals surface area contributed by atoms with Crippen molar-refractivity contribution in [1.29, 1.82) is 0 Å². The van der Waals surface area contributed by atoms with Gasteiger partial charge in [0, 0.05) is 23.9 Å². The van der Waals surface area contributed by atoms with Gasteiger partial charge in [0.05, 0.1) is 34.1 Å². The molecule has 0 aliphatic rings. The highest BCUT2D eigenvalue weighted by Crippen LogP contribution is 2.34. The molecule has 0 fully saturated rings. The topological polar surface area (TPSA) is 99.0 Å². The van der Waals surface area contributed by atoms with Gasteiger partial charge in [-0.05, 0) is 31.2 Å². The summed E-state index contributed by atoms with van der Waals surface area (Å²) in [6, 6.07) is 8.05. The summed E-state index contributed by atoms with van der Waals surface area (Å²) in [6.45, 7) is 1.23. The maximum atomic E-state index is 12.8. The predicted octanol–water partition coefficient (Wildman–Crippen LogP) is 3.95. The molecule has 0 aromatic heterocycles. The maximum absolute atomic E-state index is 12.8. The van der Waals surface area contributed by atoms with E-state index >= 15 is 0 Å². The Bertz CT molecular complexity index is 950. The van der Waals surface area contributed by atoms with Crippen molar-refractivity contribution >= 4 is 34.8 Å². The number of Topliss-reactive ketones (excluding diaryl/α,β-unsaturated/α-hetero) is 1. The summed E-state index contributed by atoms with van der Waals surface area (Å²) in [5.74, 6) is 0.474. The minimum Gasteiger partial charge on any atom is -0.497 e. The maximum Gasteiger partial charge on any atom is 0.276 e. The van der Waals surface area contributed by atoms with Crippen molar-refractivity contribution in [2.24, 2.45) is 10.2 Å². The second-order valence-corrected chi connectivity index (χ2v) is 6.26. The van der Waals surface area contributed by atoms with E-state index in [-0.39, 0.29) is 5.69 Å². The quantitative estimate of drug-likeness (QED) is 0.336. The van der Waals surface area contributed by atoms with Gasteiger partial charge in [0.25, 0.3) is 5.91 Å². The van der Waals surface area contributed by atoms with Gasteiger partial charge < -0.3 is 18.9 Å². The Hall–Kier alpha value is -3.33. The van der Waals surface area contributed by atoms with Crippen LogP contribution in [0.4, 0.5) is 11.4 Å². The number of ketones is 1. The lowest BCUT2D eigenvalue weighted by Crippen LogP contribution is -2.36. The fourth-order valence-electron chi connectivity index (χ4n) is 2.47. The summed E-state index contributed by atoms with van der Waals surface area (Å²) >= 11 is 6.19. The molecule has 0 saturated carbocycles. The van der Waals surface area contributed by atoms with Crippen LogP contribution in [0.2, 0.25) is 0 Å². The largest absolute Gasteiger partial charge is 0.497 e. The lowest BCUT2D eigenvalue weighted by molar-refractivity contribution is -0.126. The van der Waals surface area contributed by atoms with Gasteiger partial charge in [-0.1, -0.05) is 0 Å². The average Bonchev–Trinajstić information content (AvgIpc) is 2.77. The van der Waals surface area contributed by atoms with Gasteiger partial charge in [0.15, 0.2) is 17.3 Å². The first-order valence-corrected chi connectivity index (χ1v) is 9.05. The van der Waals surface area contributed by atoms with Gasteiger partial charge in [-0.2, -0.15) is 10.2 Å². The number of rotatable bonds is 9. The van der Waals surface area contributed by atoms with E-state index in [0.29, 0.717) is 28.7 Å². The van der Waals surface area contributed by atoms with Crippen LogP contribution >= 0.6 is 11.8 Å². The standard InChI is InChI=1S/C20H22ClN3O6/c1-12(25)19(23-22-15-8-7-14(27-2)11-17(15)29-4)20(26)24(21)13-6-9-16(28-3)18(10-13)30-5/h6-11,19H,1-5H3. The van der Waals surface area contributed by atoms with Crippen molar-refractivity contribution in [3.63, 3.8) is 0 Å². The van der Waals surface area contributed by atoms with E-state index in [9.17, 15) is 9.59 Å². The highest BCUT2D eigenvalue weighted by Gasteiger charge is 2.29. The van der Waals surface area contributed by atoms with Gasteiger partial charge in [-0.3, -0.25) is 9.59 Å². The fourth-order valence-corrected chi connectivity index (χ4v) is 2.67. The lowest BCUT2D eigenvalue weighted by Gasteiger charge is -2.18. The highest BCUT2D eigenvalue weighted by molar-refractivity contribution is 6.39. The molecule has 0 bridgehead atoms. The molecule has 0 saturated heterocycles. The minimum absolute atomic E-state index is 0.280. The molecule has 0 N–H and O–H groups in total. The van der Waals surface area contributed by atoms with Crippen LogP contribution in [0.15, 0.2) is 46.6 Å². The minimum atomic E-state index is -1.44. The molecule has 0 spiro atoms. The number of methoxy groups -OCH3 is 4. The average molecular weight is 436 g/mol. The van der Waals surface area contributed by atoms with E-state index in [4.69, 9.17) is 30.7 Å². The monoisotopic (exact) mass is 435 g/mol. The zero-order valence-corrected chi connectivity index (χ0v) is 18.0. The Labute approximate surface area is 179 Å². The third kappa shape index (κ3) is 5.18. The molecule has 2 rings (SSSR count). The smallest absolute Gasteiger partial charge is 0.276 e. The molecule has 0 aliphatic carbocycles. The molecule has 1 unspecified atom stereocenters. The molecule has 1 amide bonds. The Balaban J connectivity index is 2.31. The first-order valence-electron chi connectivity index (χ1n) is 8.71. The van der Waals surface area contributed by atoms with Crippen LogP contribution in [0.3, 0.4) is 0 Å². The van der Waals surface area contributed by atoms with E-state index in [2.05, 4.69) is 10.2 Å². The molecule has 0 heterocycles. The number of amides is 1. The summed E-state index contributed by atoms with van der Waals surface area (Å²) in [4.78, 5) is 24.9. The number of anilines is 1. The van der Waals surface area contributed by atoms with Crippen molar-refractivity contribution in [3.05, 3.63) is 36.4 Å². The van der Waals surface area contributed by atoms with Crippen molar-refractivity contribution < 1.29 is 28.5 Å². The number of benzene rings is 2. The second-order valence-electron chi connectivity index (χ2n) is 5.92. The first kappa shape index (κ1) is 23.0. The molecule has 1 atom stereocenters.